The largest absolute Gasteiger partial charge is 0.491 e. The Balaban J connectivity index is 1.51. The lowest BCUT2D eigenvalue weighted by Crippen LogP contribution is -2.30. The third-order valence-corrected chi connectivity index (χ3v) is 4.97. The molecular formula is C25H27N3O4. The van der Waals surface area contributed by atoms with E-state index in [2.05, 4.69) is 15.2 Å². The Kier molecular flexibility index (Phi) is 6.01. The molecule has 7 heteroatoms. The van der Waals surface area contributed by atoms with Crippen molar-refractivity contribution in [1.29, 1.82) is 0 Å². The molecule has 0 bridgehead atoms. The van der Waals surface area contributed by atoms with E-state index in [1.54, 1.807) is 44.2 Å². The summed E-state index contributed by atoms with van der Waals surface area (Å²) in [4.78, 5) is 19.6. The summed E-state index contributed by atoms with van der Waals surface area (Å²) in [6.07, 6.45) is 1.83. The van der Waals surface area contributed by atoms with Crippen LogP contribution in [0.4, 0.5) is 17.2 Å². The topological polar surface area (TPSA) is 83.9 Å². The maximum Gasteiger partial charge on any atom is 0.259 e. The minimum atomic E-state index is -0.915. The molecule has 1 amide bonds. The van der Waals surface area contributed by atoms with E-state index in [1.165, 1.54) is 0 Å². The van der Waals surface area contributed by atoms with E-state index in [0.29, 0.717) is 35.9 Å². The van der Waals surface area contributed by atoms with Gasteiger partial charge in [-0.25, -0.2) is 4.98 Å². The number of benzene rings is 2. The summed E-state index contributed by atoms with van der Waals surface area (Å²) < 4.78 is 11.5. The number of fused-ring (bicyclic) bond motifs is 1. The summed E-state index contributed by atoms with van der Waals surface area (Å²) in [6, 6.07) is 16.5. The summed E-state index contributed by atoms with van der Waals surface area (Å²) in [6.45, 7) is 6.65. The summed E-state index contributed by atoms with van der Waals surface area (Å²) in [5.41, 5.74) is 2.08. The second kappa shape index (κ2) is 8.88. The summed E-state index contributed by atoms with van der Waals surface area (Å²) in [5.74, 6) is 1.72. The van der Waals surface area contributed by atoms with Gasteiger partial charge >= 0.3 is 0 Å². The molecule has 0 spiro atoms. The first-order chi connectivity index (χ1) is 15.3. The van der Waals surface area contributed by atoms with Crippen molar-refractivity contribution >= 4 is 23.1 Å². The van der Waals surface area contributed by atoms with E-state index in [9.17, 15) is 9.90 Å². The molecule has 2 aromatic carbocycles. The number of hydrogen-bond donors (Lipinski definition) is 2. The van der Waals surface area contributed by atoms with E-state index < -0.39 is 5.60 Å². The van der Waals surface area contributed by atoms with Gasteiger partial charge in [0.05, 0.1) is 23.4 Å². The number of carbonyl (C=O) groups excluding carboxylic acids is 1. The van der Waals surface area contributed by atoms with E-state index in [4.69, 9.17) is 9.47 Å². The first-order valence-electron chi connectivity index (χ1n) is 10.5. The number of carbonyl (C=O) groups is 1. The molecule has 7 nitrogen and oxygen atoms in total. The molecule has 166 valence electrons. The Labute approximate surface area is 187 Å². The molecule has 0 aliphatic carbocycles. The smallest absolute Gasteiger partial charge is 0.259 e. The van der Waals surface area contributed by atoms with Crippen LogP contribution in [0.5, 0.6) is 11.5 Å². The molecule has 0 radical (unpaired) electrons. The SMILES string of the molecule is Cc1ccc(N2CCOc3c(C(=O)Nc4ccc(OCC(C)(C)O)cc4)cccc32)nc1. The number of hydrogen-bond acceptors (Lipinski definition) is 6. The second-order valence-corrected chi connectivity index (χ2v) is 8.43. The van der Waals surface area contributed by atoms with Crippen LogP contribution in [0.2, 0.25) is 0 Å². The maximum atomic E-state index is 13.0. The molecule has 0 fully saturated rings. The molecule has 1 aliphatic heterocycles. The minimum absolute atomic E-state index is 0.179. The van der Waals surface area contributed by atoms with Crippen molar-refractivity contribution in [1.82, 2.24) is 4.98 Å². The Bertz CT molecular complexity index is 1090. The fourth-order valence-corrected chi connectivity index (χ4v) is 3.38. The predicted molar refractivity (Wildman–Crippen MR) is 124 cm³/mol. The van der Waals surface area contributed by atoms with Crippen LogP contribution < -0.4 is 19.7 Å². The zero-order valence-electron chi connectivity index (χ0n) is 18.5. The Morgan fingerprint density at radius 3 is 2.66 bits per heavy atom. The minimum Gasteiger partial charge on any atom is -0.491 e. The highest BCUT2D eigenvalue weighted by Gasteiger charge is 2.25. The average molecular weight is 434 g/mol. The van der Waals surface area contributed by atoms with Crippen molar-refractivity contribution in [3.05, 3.63) is 71.9 Å². The lowest BCUT2D eigenvalue weighted by Gasteiger charge is -2.31. The molecule has 2 heterocycles. The molecule has 0 atom stereocenters. The van der Waals surface area contributed by atoms with Gasteiger partial charge in [-0.1, -0.05) is 12.1 Å². The quantitative estimate of drug-likeness (QED) is 0.602. The van der Waals surface area contributed by atoms with Crippen molar-refractivity contribution in [3.63, 3.8) is 0 Å². The number of aromatic nitrogens is 1. The van der Waals surface area contributed by atoms with Crippen LogP contribution in [-0.4, -0.2) is 41.4 Å². The lowest BCUT2D eigenvalue weighted by molar-refractivity contribution is 0.0285. The summed E-state index contributed by atoms with van der Waals surface area (Å²) in [7, 11) is 0. The highest BCUT2D eigenvalue weighted by molar-refractivity contribution is 6.07. The molecule has 2 N–H and O–H groups in total. The highest BCUT2D eigenvalue weighted by atomic mass is 16.5. The molecule has 3 aromatic rings. The van der Waals surface area contributed by atoms with Crippen LogP contribution >= 0.6 is 0 Å². The number of aliphatic hydroxyl groups is 1. The number of amides is 1. The third-order valence-electron chi connectivity index (χ3n) is 4.97. The molecule has 4 rings (SSSR count). The van der Waals surface area contributed by atoms with E-state index >= 15 is 0 Å². The van der Waals surface area contributed by atoms with Crippen molar-refractivity contribution in [2.75, 3.05) is 30.0 Å². The van der Waals surface area contributed by atoms with Gasteiger partial charge in [0, 0.05) is 11.9 Å². The van der Waals surface area contributed by atoms with Crippen LogP contribution in [-0.2, 0) is 0 Å². The predicted octanol–water partition coefficient (Wildman–Crippen LogP) is 4.32. The molecule has 0 unspecified atom stereocenters. The zero-order chi connectivity index (χ0) is 22.7. The van der Waals surface area contributed by atoms with Gasteiger partial charge < -0.3 is 24.8 Å². The van der Waals surface area contributed by atoms with Gasteiger partial charge in [0.2, 0.25) is 0 Å². The van der Waals surface area contributed by atoms with Gasteiger partial charge in [-0.15, -0.1) is 0 Å². The van der Waals surface area contributed by atoms with Gasteiger partial charge in [-0.05, 0) is 68.8 Å². The number of rotatable bonds is 6. The average Bonchev–Trinajstić information content (AvgIpc) is 2.78. The fourth-order valence-electron chi connectivity index (χ4n) is 3.38. The van der Waals surface area contributed by atoms with Crippen LogP contribution in [0.25, 0.3) is 0 Å². The van der Waals surface area contributed by atoms with Gasteiger partial charge in [-0.3, -0.25) is 4.79 Å². The Morgan fingerprint density at radius 2 is 1.97 bits per heavy atom. The van der Waals surface area contributed by atoms with Crippen LogP contribution in [0.15, 0.2) is 60.8 Å². The molecule has 0 saturated carbocycles. The molecular weight excluding hydrogens is 406 g/mol. The van der Waals surface area contributed by atoms with Crippen molar-refractivity contribution in [2.24, 2.45) is 0 Å². The molecule has 32 heavy (non-hydrogen) atoms. The van der Waals surface area contributed by atoms with Gasteiger partial charge in [0.15, 0.2) is 5.75 Å². The Morgan fingerprint density at radius 1 is 1.19 bits per heavy atom. The number of pyridine rings is 1. The maximum absolute atomic E-state index is 13.0. The van der Waals surface area contributed by atoms with E-state index in [-0.39, 0.29) is 12.5 Å². The number of nitrogens with zero attached hydrogens (tertiary/aromatic N) is 2. The number of aryl methyl sites for hydroxylation is 1. The van der Waals surface area contributed by atoms with Crippen molar-refractivity contribution in [3.8, 4) is 11.5 Å². The third kappa shape index (κ3) is 5.00. The number of para-hydroxylation sites is 1. The van der Waals surface area contributed by atoms with Crippen LogP contribution in [0.3, 0.4) is 0 Å². The molecule has 1 aliphatic rings. The molecule has 1 aromatic heterocycles. The van der Waals surface area contributed by atoms with Crippen molar-refractivity contribution < 1.29 is 19.4 Å². The van der Waals surface area contributed by atoms with Gasteiger partial charge in [0.1, 0.15) is 24.8 Å². The fraction of sp³-hybridized carbons (Fsp3) is 0.280. The number of nitrogens with one attached hydrogen (secondary N) is 1. The monoisotopic (exact) mass is 433 g/mol. The normalized spacial score (nSPS) is 13.2. The first kappa shape index (κ1) is 21.6. The lowest BCUT2D eigenvalue weighted by atomic mass is 10.1. The van der Waals surface area contributed by atoms with Crippen molar-refractivity contribution in [2.45, 2.75) is 26.4 Å². The standard InChI is InChI=1S/C25H27N3O4/c1-17-7-12-22(26-15-17)28-13-14-31-23-20(5-4-6-21(23)28)24(29)27-18-8-10-19(11-9-18)32-16-25(2,3)30/h4-12,15,30H,13-14,16H2,1-3H3,(H,27,29). The number of anilines is 3. The summed E-state index contributed by atoms with van der Waals surface area (Å²) >= 11 is 0. The van der Waals surface area contributed by atoms with E-state index in [0.717, 1.165) is 17.1 Å². The number of ether oxygens (including phenoxy) is 2. The van der Waals surface area contributed by atoms with Crippen LogP contribution in [0, 0.1) is 6.92 Å². The highest BCUT2D eigenvalue weighted by Crippen LogP contribution is 2.38. The van der Waals surface area contributed by atoms with E-state index in [1.807, 2.05) is 37.4 Å². The summed E-state index contributed by atoms with van der Waals surface area (Å²) in [5, 5.41) is 12.7. The second-order valence-electron chi connectivity index (χ2n) is 8.43. The van der Waals surface area contributed by atoms with Gasteiger partial charge in [0.25, 0.3) is 5.91 Å². The van der Waals surface area contributed by atoms with Crippen LogP contribution in [0.1, 0.15) is 29.8 Å². The van der Waals surface area contributed by atoms with Gasteiger partial charge in [-0.2, -0.15) is 0 Å². The molecule has 0 saturated heterocycles. The zero-order valence-corrected chi connectivity index (χ0v) is 18.5. The first-order valence-corrected chi connectivity index (χ1v) is 10.5. The Hall–Kier alpha value is -3.58.